The zero-order chi connectivity index (χ0) is 20.3. The number of fused-ring (bicyclic) bond motifs is 1. The number of carbonyl (C=O) groups is 4. The zero-order valence-electron chi connectivity index (χ0n) is 15.6. The standard InChI is InChI=1S/C22H18O6/c1-12-8-4-5-9-13(12)16-21(22(16,19(25)27-2)20(26)28-3)17(23)14-10-6-7-11-15(14)18(21)24/h4-11,16H,1-3H3/t16-/m0/s1. The van der Waals surface area contributed by atoms with Gasteiger partial charge in [-0.2, -0.15) is 0 Å². The molecule has 0 unspecified atom stereocenters. The van der Waals surface area contributed by atoms with Gasteiger partial charge >= 0.3 is 11.9 Å². The first-order chi connectivity index (χ1) is 13.4. The largest absolute Gasteiger partial charge is 0.468 e. The molecule has 0 radical (unpaired) electrons. The Kier molecular flexibility index (Phi) is 3.79. The van der Waals surface area contributed by atoms with E-state index >= 15 is 0 Å². The molecule has 0 heterocycles. The molecule has 1 spiro atoms. The monoisotopic (exact) mass is 378 g/mol. The number of benzene rings is 2. The van der Waals surface area contributed by atoms with Gasteiger partial charge in [0.1, 0.15) is 5.41 Å². The van der Waals surface area contributed by atoms with Crippen molar-refractivity contribution in [1.82, 2.24) is 0 Å². The molecule has 2 aromatic carbocycles. The Balaban J connectivity index is 2.06. The predicted molar refractivity (Wildman–Crippen MR) is 97.9 cm³/mol. The van der Waals surface area contributed by atoms with Crippen LogP contribution in [0.1, 0.15) is 37.8 Å². The molecule has 2 aromatic rings. The van der Waals surface area contributed by atoms with E-state index in [0.29, 0.717) is 5.56 Å². The van der Waals surface area contributed by atoms with E-state index in [4.69, 9.17) is 9.47 Å². The molecule has 1 saturated carbocycles. The van der Waals surface area contributed by atoms with Gasteiger partial charge in [-0.05, 0) is 18.1 Å². The van der Waals surface area contributed by atoms with Gasteiger partial charge in [0, 0.05) is 17.0 Å². The third-order valence-electron chi connectivity index (χ3n) is 6.05. The molecule has 2 aliphatic rings. The minimum atomic E-state index is -2.05. The zero-order valence-corrected chi connectivity index (χ0v) is 15.6. The van der Waals surface area contributed by atoms with Crippen molar-refractivity contribution in [2.45, 2.75) is 12.8 Å². The first-order valence-electron chi connectivity index (χ1n) is 8.81. The summed E-state index contributed by atoms with van der Waals surface area (Å²) in [6.07, 6.45) is 0. The first-order valence-corrected chi connectivity index (χ1v) is 8.81. The quantitative estimate of drug-likeness (QED) is 0.602. The van der Waals surface area contributed by atoms with Crippen molar-refractivity contribution in [3.05, 3.63) is 70.8 Å². The lowest BCUT2D eigenvalue weighted by atomic mass is 9.87. The minimum Gasteiger partial charge on any atom is -0.468 e. The molecule has 0 bridgehead atoms. The number of aryl methyl sites for hydroxylation is 1. The van der Waals surface area contributed by atoms with Crippen LogP contribution in [0.2, 0.25) is 0 Å². The van der Waals surface area contributed by atoms with E-state index in [9.17, 15) is 19.2 Å². The topological polar surface area (TPSA) is 86.7 Å². The highest BCUT2D eigenvalue weighted by molar-refractivity contribution is 6.39. The van der Waals surface area contributed by atoms with E-state index in [0.717, 1.165) is 19.8 Å². The smallest absolute Gasteiger partial charge is 0.325 e. The third kappa shape index (κ3) is 1.77. The molecular weight excluding hydrogens is 360 g/mol. The van der Waals surface area contributed by atoms with Crippen molar-refractivity contribution >= 4 is 23.5 Å². The normalized spacial score (nSPS) is 20.6. The highest BCUT2D eigenvalue weighted by Gasteiger charge is 2.94. The maximum Gasteiger partial charge on any atom is 0.325 e. The Bertz CT molecular complexity index is 999. The number of rotatable bonds is 3. The molecule has 1 atom stereocenters. The highest BCUT2D eigenvalue weighted by atomic mass is 16.5. The second kappa shape index (κ2) is 5.86. The maximum atomic E-state index is 13.5. The number of ether oxygens (including phenoxy) is 2. The van der Waals surface area contributed by atoms with Crippen LogP contribution in [0.25, 0.3) is 0 Å². The Labute approximate surface area is 161 Å². The van der Waals surface area contributed by atoms with Gasteiger partial charge in [0.15, 0.2) is 17.0 Å². The molecule has 4 rings (SSSR count). The summed E-state index contributed by atoms with van der Waals surface area (Å²) < 4.78 is 9.86. The number of esters is 2. The Morgan fingerprint density at radius 3 is 1.75 bits per heavy atom. The summed E-state index contributed by atoms with van der Waals surface area (Å²) in [5, 5.41) is 0. The van der Waals surface area contributed by atoms with E-state index < -0.39 is 40.3 Å². The van der Waals surface area contributed by atoms with E-state index in [1.165, 1.54) is 12.1 Å². The van der Waals surface area contributed by atoms with E-state index in [1.807, 2.05) is 0 Å². The van der Waals surface area contributed by atoms with Crippen molar-refractivity contribution in [2.24, 2.45) is 10.8 Å². The third-order valence-corrected chi connectivity index (χ3v) is 6.05. The highest BCUT2D eigenvalue weighted by Crippen LogP contribution is 2.79. The van der Waals surface area contributed by atoms with Gasteiger partial charge in [-0.15, -0.1) is 0 Å². The van der Waals surface area contributed by atoms with Crippen LogP contribution in [0.4, 0.5) is 0 Å². The Morgan fingerprint density at radius 2 is 1.29 bits per heavy atom. The number of hydrogen-bond acceptors (Lipinski definition) is 6. The van der Waals surface area contributed by atoms with Crippen LogP contribution in [-0.4, -0.2) is 37.7 Å². The van der Waals surface area contributed by atoms with Crippen molar-refractivity contribution in [1.29, 1.82) is 0 Å². The van der Waals surface area contributed by atoms with Crippen molar-refractivity contribution in [3.63, 3.8) is 0 Å². The van der Waals surface area contributed by atoms with Crippen LogP contribution in [-0.2, 0) is 19.1 Å². The molecule has 0 aliphatic heterocycles. The number of Topliss-reactive ketones (excluding diaryl/α,β-unsaturated/α-hetero) is 2. The number of methoxy groups -OCH3 is 2. The fraction of sp³-hybridized carbons (Fsp3) is 0.273. The lowest BCUT2D eigenvalue weighted by Gasteiger charge is -2.15. The Hall–Kier alpha value is -3.28. The van der Waals surface area contributed by atoms with Crippen molar-refractivity contribution < 1.29 is 28.7 Å². The molecule has 1 fully saturated rings. The molecular formula is C22H18O6. The fourth-order valence-electron chi connectivity index (χ4n) is 4.84. The molecule has 6 heteroatoms. The SMILES string of the molecule is COC(=O)C1(C(=O)OC)[C@@H](c2ccccc2C)C12C(=O)c1ccccc1C2=O. The lowest BCUT2D eigenvalue weighted by Crippen LogP contribution is -2.39. The number of ketones is 2. The van der Waals surface area contributed by atoms with Gasteiger partial charge in [0.25, 0.3) is 0 Å². The van der Waals surface area contributed by atoms with Crippen LogP contribution >= 0.6 is 0 Å². The van der Waals surface area contributed by atoms with E-state index in [1.54, 1.807) is 43.3 Å². The van der Waals surface area contributed by atoms with Gasteiger partial charge in [0.05, 0.1) is 14.2 Å². The van der Waals surface area contributed by atoms with Crippen molar-refractivity contribution in [2.75, 3.05) is 14.2 Å². The second-order valence-electron chi connectivity index (χ2n) is 7.09. The summed E-state index contributed by atoms with van der Waals surface area (Å²) in [5.74, 6) is -3.97. The van der Waals surface area contributed by atoms with Crippen LogP contribution in [0, 0.1) is 17.8 Å². The first kappa shape index (κ1) is 18.1. The van der Waals surface area contributed by atoms with Crippen molar-refractivity contribution in [3.8, 4) is 0 Å². The Morgan fingerprint density at radius 1 is 0.821 bits per heavy atom. The van der Waals surface area contributed by atoms with E-state index in [2.05, 4.69) is 0 Å². The molecule has 142 valence electrons. The van der Waals surface area contributed by atoms with Crippen LogP contribution in [0.5, 0.6) is 0 Å². The molecule has 0 amide bonds. The fourth-order valence-corrected chi connectivity index (χ4v) is 4.84. The van der Waals surface area contributed by atoms with Gasteiger partial charge in [-0.25, -0.2) is 0 Å². The molecule has 0 N–H and O–H groups in total. The molecule has 2 aliphatic carbocycles. The van der Waals surface area contributed by atoms with Crippen LogP contribution in [0.3, 0.4) is 0 Å². The second-order valence-corrected chi connectivity index (χ2v) is 7.09. The minimum absolute atomic E-state index is 0.209. The van der Waals surface area contributed by atoms with E-state index in [-0.39, 0.29) is 11.1 Å². The molecule has 28 heavy (non-hydrogen) atoms. The average Bonchev–Trinajstić information content (AvgIpc) is 3.31. The predicted octanol–water partition coefficient (Wildman–Crippen LogP) is 2.49. The molecule has 6 nitrogen and oxygen atoms in total. The van der Waals surface area contributed by atoms with Gasteiger partial charge in [0.2, 0.25) is 0 Å². The summed E-state index contributed by atoms with van der Waals surface area (Å²) in [7, 11) is 2.26. The summed E-state index contributed by atoms with van der Waals surface area (Å²) in [6, 6.07) is 13.4. The molecule has 0 aromatic heterocycles. The van der Waals surface area contributed by atoms with Crippen LogP contribution < -0.4 is 0 Å². The van der Waals surface area contributed by atoms with Gasteiger partial charge in [-0.1, -0.05) is 48.5 Å². The van der Waals surface area contributed by atoms with Gasteiger partial charge in [-0.3, -0.25) is 19.2 Å². The number of carbonyl (C=O) groups excluding carboxylic acids is 4. The summed E-state index contributed by atoms with van der Waals surface area (Å²) >= 11 is 0. The van der Waals surface area contributed by atoms with Crippen LogP contribution in [0.15, 0.2) is 48.5 Å². The van der Waals surface area contributed by atoms with Gasteiger partial charge < -0.3 is 9.47 Å². The maximum absolute atomic E-state index is 13.5. The summed E-state index contributed by atoms with van der Waals surface area (Å²) in [4.78, 5) is 52.9. The molecule has 0 saturated heterocycles. The number of hydrogen-bond donors (Lipinski definition) is 0. The summed E-state index contributed by atoms with van der Waals surface area (Å²) in [5.41, 5.74) is -2.17. The summed E-state index contributed by atoms with van der Waals surface area (Å²) in [6.45, 7) is 1.80. The lowest BCUT2D eigenvalue weighted by molar-refractivity contribution is -0.162. The average molecular weight is 378 g/mol.